The van der Waals surface area contributed by atoms with E-state index in [0.29, 0.717) is 5.54 Å². The van der Waals surface area contributed by atoms with Gasteiger partial charge in [-0.1, -0.05) is 0 Å². The van der Waals surface area contributed by atoms with Gasteiger partial charge in [0.25, 0.3) is 0 Å². The van der Waals surface area contributed by atoms with Gasteiger partial charge in [-0.15, -0.1) is 0 Å². The van der Waals surface area contributed by atoms with Crippen LogP contribution in [0.25, 0.3) is 0 Å². The molecule has 0 N–H and O–H groups in total. The molecule has 4 rings (SSSR count). The number of hydrogen-bond acceptors (Lipinski definition) is 2. The highest BCUT2D eigenvalue weighted by atomic mass is 15.3. The molecule has 0 amide bonds. The summed E-state index contributed by atoms with van der Waals surface area (Å²) in [5.74, 6) is 0. The van der Waals surface area contributed by atoms with Crippen molar-refractivity contribution >= 4 is 0 Å². The molecule has 2 nitrogen and oxygen atoms in total. The molecule has 4 aliphatic rings. The van der Waals surface area contributed by atoms with Gasteiger partial charge in [0.15, 0.2) is 0 Å². The zero-order valence-electron chi connectivity index (χ0n) is 10.2. The summed E-state index contributed by atoms with van der Waals surface area (Å²) in [5, 5.41) is 0. The van der Waals surface area contributed by atoms with Gasteiger partial charge in [-0.25, -0.2) is 0 Å². The van der Waals surface area contributed by atoms with Gasteiger partial charge in [-0.3, -0.25) is 4.90 Å². The third-order valence-corrected chi connectivity index (χ3v) is 5.41. The normalized spacial score (nSPS) is 32.6. The quantitative estimate of drug-likeness (QED) is 0.666. The Kier molecular flexibility index (Phi) is 1.94. The van der Waals surface area contributed by atoms with Gasteiger partial charge in [-0.2, -0.15) is 0 Å². The van der Waals surface area contributed by atoms with Crippen LogP contribution in [0.4, 0.5) is 0 Å². The second-order valence-corrected chi connectivity index (χ2v) is 5.99. The Morgan fingerprint density at radius 3 is 2.44 bits per heavy atom. The summed E-state index contributed by atoms with van der Waals surface area (Å²) < 4.78 is 0. The lowest BCUT2D eigenvalue weighted by Crippen LogP contribution is -2.40. The minimum atomic E-state index is 0.550. The summed E-state index contributed by atoms with van der Waals surface area (Å²) in [6.07, 6.45) is 9.97. The van der Waals surface area contributed by atoms with E-state index in [2.05, 4.69) is 9.80 Å². The molecule has 3 fully saturated rings. The van der Waals surface area contributed by atoms with Crippen LogP contribution in [0.3, 0.4) is 0 Å². The third kappa shape index (κ3) is 1.07. The van der Waals surface area contributed by atoms with Crippen LogP contribution < -0.4 is 0 Å². The monoisotopic (exact) mass is 218 g/mol. The Balaban J connectivity index is 1.77. The summed E-state index contributed by atoms with van der Waals surface area (Å²) >= 11 is 0. The van der Waals surface area contributed by atoms with E-state index in [9.17, 15) is 0 Å². The van der Waals surface area contributed by atoms with Crippen LogP contribution in [0.15, 0.2) is 11.3 Å². The van der Waals surface area contributed by atoms with Crippen molar-refractivity contribution in [2.24, 2.45) is 0 Å². The van der Waals surface area contributed by atoms with Gasteiger partial charge in [0.05, 0.1) is 0 Å². The van der Waals surface area contributed by atoms with Gasteiger partial charge in [0.1, 0.15) is 0 Å². The van der Waals surface area contributed by atoms with E-state index in [0.717, 1.165) is 0 Å². The van der Waals surface area contributed by atoms with Crippen LogP contribution in [-0.2, 0) is 0 Å². The Bertz CT molecular complexity index is 335. The number of nitrogens with zero attached hydrogens (tertiary/aromatic N) is 2. The first kappa shape index (κ1) is 9.52. The summed E-state index contributed by atoms with van der Waals surface area (Å²) in [4.78, 5) is 5.50. The first-order valence-corrected chi connectivity index (χ1v) is 7.13. The highest BCUT2D eigenvalue weighted by Gasteiger charge is 2.49. The molecule has 0 aromatic carbocycles. The van der Waals surface area contributed by atoms with Crippen molar-refractivity contribution in [1.29, 1.82) is 0 Å². The molecule has 0 atom stereocenters. The molecule has 0 aliphatic carbocycles. The molecule has 2 heteroatoms. The maximum Gasteiger partial charge on any atom is 0.0441 e. The summed E-state index contributed by atoms with van der Waals surface area (Å²) in [6, 6.07) is 0. The fourth-order valence-electron chi connectivity index (χ4n) is 4.81. The van der Waals surface area contributed by atoms with E-state index in [4.69, 9.17) is 0 Å². The number of fused-ring (bicyclic) bond motifs is 2. The largest absolute Gasteiger partial charge is 0.374 e. The van der Waals surface area contributed by atoms with Crippen molar-refractivity contribution in [3.63, 3.8) is 0 Å². The molecule has 3 saturated heterocycles. The predicted molar refractivity (Wildman–Crippen MR) is 65.2 cm³/mol. The minimum absolute atomic E-state index is 0.550. The van der Waals surface area contributed by atoms with Crippen molar-refractivity contribution in [3.05, 3.63) is 11.3 Å². The highest BCUT2D eigenvalue weighted by Crippen LogP contribution is 2.49. The average Bonchev–Trinajstić information content (AvgIpc) is 2.95. The number of rotatable bonds is 1. The topological polar surface area (TPSA) is 6.48 Å². The van der Waals surface area contributed by atoms with E-state index in [1.54, 1.807) is 5.70 Å². The molecule has 0 aromatic rings. The molecular formula is C14H22N2. The van der Waals surface area contributed by atoms with Crippen molar-refractivity contribution in [1.82, 2.24) is 9.80 Å². The molecular weight excluding hydrogens is 196 g/mol. The lowest BCUT2D eigenvalue weighted by molar-refractivity contribution is 0.232. The van der Waals surface area contributed by atoms with Crippen molar-refractivity contribution in [2.75, 3.05) is 26.2 Å². The van der Waals surface area contributed by atoms with Gasteiger partial charge in [0.2, 0.25) is 0 Å². The van der Waals surface area contributed by atoms with Crippen LogP contribution in [0, 0.1) is 0 Å². The SMILES string of the molecule is C1CC2=C(C34CCCN3CCC4)CCN2C1. The highest BCUT2D eigenvalue weighted by molar-refractivity contribution is 5.34. The van der Waals surface area contributed by atoms with Crippen molar-refractivity contribution in [2.45, 2.75) is 50.5 Å². The molecule has 0 radical (unpaired) electrons. The Labute approximate surface area is 98.3 Å². The molecule has 0 saturated carbocycles. The van der Waals surface area contributed by atoms with Crippen LogP contribution in [0.5, 0.6) is 0 Å². The lowest BCUT2D eigenvalue weighted by Gasteiger charge is -2.34. The maximum atomic E-state index is 2.82. The minimum Gasteiger partial charge on any atom is -0.374 e. The van der Waals surface area contributed by atoms with Gasteiger partial charge in [0, 0.05) is 24.3 Å². The zero-order chi connectivity index (χ0) is 10.6. The van der Waals surface area contributed by atoms with Crippen molar-refractivity contribution in [3.8, 4) is 0 Å². The number of allylic oxidation sites excluding steroid dienone is 1. The first-order valence-electron chi connectivity index (χ1n) is 7.13. The summed E-state index contributed by atoms with van der Waals surface area (Å²) in [5.41, 5.74) is 4.20. The van der Waals surface area contributed by atoms with E-state index in [-0.39, 0.29) is 0 Å². The van der Waals surface area contributed by atoms with Crippen LogP contribution in [-0.4, -0.2) is 41.5 Å². The number of hydrogen-bond donors (Lipinski definition) is 0. The van der Waals surface area contributed by atoms with Crippen LogP contribution in [0.1, 0.15) is 44.9 Å². The van der Waals surface area contributed by atoms with Gasteiger partial charge >= 0.3 is 0 Å². The molecule has 0 spiro atoms. The van der Waals surface area contributed by atoms with Crippen LogP contribution in [0.2, 0.25) is 0 Å². The van der Waals surface area contributed by atoms with E-state index in [1.807, 2.05) is 5.57 Å². The molecule has 88 valence electrons. The molecule has 0 aromatic heterocycles. The summed E-state index contributed by atoms with van der Waals surface area (Å²) in [7, 11) is 0. The molecule has 16 heavy (non-hydrogen) atoms. The summed E-state index contributed by atoms with van der Waals surface area (Å²) in [6.45, 7) is 5.42. The predicted octanol–water partition coefficient (Wildman–Crippen LogP) is 2.37. The van der Waals surface area contributed by atoms with Crippen LogP contribution >= 0.6 is 0 Å². The van der Waals surface area contributed by atoms with E-state index in [1.165, 1.54) is 71.1 Å². The second kappa shape index (κ2) is 3.25. The van der Waals surface area contributed by atoms with E-state index < -0.39 is 0 Å². The fourth-order valence-corrected chi connectivity index (χ4v) is 4.81. The standard InChI is InChI=1S/C14H22N2/c1-4-13-12(5-11-15(13)8-1)14-6-2-9-16(14)10-3-7-14/h1-11H2. The van der Waals surface area contributed by atoms with Gasteiger partial charge in [-0.05, 0) is 63.6 Å². The fraction of sp³-hybridized carbons (Fsp3) is 0.857. The molecule has 0 bridgehead atoms. The third-order valence-electron chi connectivity index (χ3n) is 5.41. The Hall–Kier alpha value is -0.500. The van der Waals surface area contributed by atoms with Crippen molar-refractivity contribution < 1.29 is 0 Å². The zero-order valence-corrected chi connectivity index (χ0v) is 10.2. The second-order valence-electron chi connectivity index (χ2n) is 5.99. The Morgan fingerprint density at radius 2 is 1.62 bits per heavy atom. The first-order chi connectivity index (χ1) is 7.90. The van der Waals surface area contributed by atoms with E-state index >= 15 is 0 Å². The van der Waals surface area contributed by atoms with Gasteiger partial charge < -0.3 is 4.90 Å². The molecule has 4 aliphatic heterocycles. The molecule has 0 unspecified atom stereocenters. The maximum absolute atomic E-state index is 2.82. The molecule has 4 heterocycles. The Morgan fingerprint density at radius 1 is 0.812 bits per heavy atom. The lowest BCUT2D eigenvalue weighted by atomic mass is 9.83. The average molecular weight is 218 g/mol. The smallest absolute Gasteiger partial charge is 0.0441 e.